The molecule has 0 aromatic carbocycles. The van der Waals surface area contributed by atoms with E-state index in [0.29, 0.717) is 23.9 Å². The van der Waals surface area contributed by atoms with Crippen LogP contribution in [0.25, 0.3) is 0 Å². The van der Waals surface area contributed by atoms with Crippen molar-refractivity contribution in [3.05, 3.63) is 15.8 Å². The van der Waals surface area contributed by atoms with Gasteiger partial charge in [0.25, 0.3) is 0 Å². The van der Waals surface area contributed by atoms with Crippen molar-refractivity contribution in [1.29, 1.82) is 0 Å². The molecular weight excluding hydrogens is 304 g/mol. The van der Waals surface area contributed by atoms with Crippen LogP contribution in [0.5, 0.6) is 0 Å². The van der Waals surface area contributed by atoms with Gasteiger partial charge >= 0.3 is 0 Å². The lowest BCUT2D eigenvalue weighted by atomic mass is 10.1. The third kappa shape index (κ3) is 3.86. The van der Waals surface area contributed by atoms with Crippen LogP contribution in [0.15, 0.2) is 10.3 Å². The standard InChI is InChI=1S/C15H26N2O2S2/c1-4-16-9-14-15(12(2)11-20-14)21(18,19)17(3)10-13-7-5-6-8-13/h11,13,16H,4-10H2,1-3H3. The fourth-order valence-electron chi connectivity index (χ4n) is 3.00. The van der Waals surface area contributed by atoms with Crippen LogP contribution in [0.2, 0.25) is 0 Å². The zero-order valence-corrected chi connectivity index (χ0v) is 14.8. The largest absolute Gasteiger partial charge is 0.312 e. The van der Waals surface area contributed by atoms with E-state index in [-0.39, 0.29) is 0 Å². The number of aryl methyl sites for hydroxylation is 1. The first-order valence-corrected chi connectivity index (χ1v) is 10.0. The van der Waals surface area contributed by atoms with Crippen molar-refractivity contribution >= 4 is 21.4 Å². The maximum Gasteiger partial charge on any atom is 0.244 e. The van der Waals surface area contributed by atoms with Gasteiger partial charge in [0.1, 0.15) is 4.90 Å². The van der Waals surface area contributed by atoms with E-state index in [1.54, 1.807) is 11.4 Å². The van der Waals surface area contributed by atoms with E-state index >= 15 is 0 Å². The Morgan fingerprint density at radius 1 is 1.38 bits per heavy atom. The molecule has 1 aromatic rings. The molecule has 0 radical (unpaired) electrons. The lowest BCUT2D eigenvalue weighted by Gasteiger charge is -2.21. The summed E-state index contributed by atoms with van der Waals surface area (Å²) in [4.78, 5) is 1.45. The van der Waals surface area contributed by atoms with Crippen molar-refractivity contribution in [2.75, 3.05) is 20.1 Å². The summed E-state index contributed by atoms with van der Waals surface area (Å²) in [6.45, 7) is 6.04. The van der Waals surface area contributed by atoms with Gasteiger partial charge < -0.3 is 5.32 Å². The minimum Gasteiger partial charge on any atom is -0.312 e. The third-order valence-electron chi connectivity index (χ3n) is 4.18. The molecule has 0 amide bonds. The highest BCUT2D eigenvalue weighted by molar-refractivity contribution is 7.89. The van der Waals surface area contributed by atoms with Crippen LogP contribution in [0.1, 0.15) is 43.0 Å². The van der Waals surface area contributed by atoms with E-state index in [1.807, 2.05) is 19.2 Å². The molecule has 0 unspecified atom stereocenters. The first-order chi connectivity index (χ1) is 9.96. The molecule has 21 heavy (non-hydrogen) atoms. The van der Waals surface area contributed by atoms with Gasteiger partial charge in [-0.05, 0) is 43.2 Å². The quantitative estimate of drug-likeness (QED) is 0.836. The number of sulfonamides is 1. The summed E-state index contributed by atoms with van der Waals surface area (Å²) in [7, 11) is -1.65. The van der Waals surface area contributed by atoms with Gasteiger partial charge in [0.05, 0.1) is 0 Å². The summed E-state index contributed by atoms with van der Waals surface area (Å²) in [6, 6.07) is 0. The van der Waals surface area contributed by atoms with Crippen LogP contribution in [0.4, 0.5) is 0 Å². The highest BCUT2D eigenvalue weighted by Crippen LogP contribution is 2.31. The number of hydrogen-bond acceptors (Lipinski definition) is 4. The van der Waals surface area contributed by atoms with E-state index in [2.05, 4.69) is 5.32 Å². The lowest BCUT2D eigenvalue weighted by molar-refractivity contribution is 0.387. The lowest BCUT2D eigenvalue weighted by Crippen LogP contribution is -2.32. The van der Waals surface area contributed by atoms with Gasteiger partial charge in [-0.1, -0.05) is 19.8 Å². The van der Waals surface area contributed by atoms with E-state index in [4.69, 9.17) is 0 Å². The molecule has 1 heterocycles. The maximum absolute atomic E-state index is 12.9. The molecule has 1 aliphatic carbocycles. The molecule has 0 spiro atoms. The molecule has 1 aliphatic rings. The molecule has 120 valence electrons. The first kappa shape index (κ1) is 16.9. The summed E-state index contributed by atoms with van der Waals surface area (Å²) in [5, 5.41) is 5.18. The van der Waals surface area contributed by atoms with Crippen molar-refractivity contribution in [3.8, 4) is 0 Å². The Hall–Kier alpha value is -0.430. The Morgan fingerprint density at radius 3 is 2.67 bits per heavy atom. The van der Waals surface area contributed by atoms with Crippen molar-refractivity contribution in [2.24, 2.45) is 5.92 Å². The Labute approximate surface area is 132 Å². The van der Waals surface area contributed by atoms with Crippen LogP contribution in [-0.4, -0.2) is 32.9 Å². The summed E-state index contributed by atoms with van der Waals surface area (Å²) in [5.74, 6) is 0.529. The van der Waals surface area contributed by atoms with Gasteiger partial charge in [-0.15, -0.1) is 11.3 Å². The zero-order chi connectivity index (χ0) is 15.5. The molecule has 0 saturated heterocycles. The highest BCUT2D eigenvalue weighted by Gasteiger charge is 2.29. The SMILES string of the molecule is CCNCc1scc(C)c1S(=O)(=O)N(C)CC1CCCC1. The van der Waals surface area contributed by atoms with Crippen molar-refractivity contribution in [2.45, 2.75) is 51.0 Å². The fourth-order valence-corrected chi connectivity index (χ4v) is 5.97. The first-order valence-electron chi connectivity index (χ1n) is 7.70. The van der Waals surface area contributed by atoms with Crippen LogP contribution >= 0.6 is 11.3 Å². The third-order valence-corrected chi connectivity index (χ3v) is 7.47. The van der Waals surface area contributed by atoms with Gasteiger partial charge in [-0.25, -0.2) is 12.7 Å². The van der Waals surface area contributed by atoms with Gasteiger partial charge in [-0.2, -0.15) is 0 Å². The Balaban J connectivity index is 2.19. The molecule has 4 nitrogen and oxygen atoms in total. The van der Waals surface area contributed by atoms with E-state index in [1.165, 1.54) is 24.2 Å². The van der Waals surface area contributed by atoms with Crippen molar-refractivity contribution < 1.29 is 8.42 Å². The summed E-state index contributed by atoms with van der Waals surface area (Å²) in [5.41, 5.74) is 0.867. The summed E-state index contributed by atoms with van der Waals surface area (Å²) >= 11 is 1.53. The molecule has 1 saturated carbocycles. The highest BCUT2D eigenvalue weighted by atomic mass is 32.2. The second kappa shape index (κ2) is 7.22. The van der Waals surface area contributed by atoms with E-state index in [0.717, 1.165) is 29.8 Å². The number of thiophene rings is 1. The topological polar surface area (TPSA) is 49.4 Å². The van der Waals surface area contributed by atoms with Crippen LogP contribution in [0, 0.1) is 12.8 Å². The number of hydrogen-bond donors (Lipinski definition) is 1. The van der Waals surface area contributed by atoms with E-state index in [9.17, 15) is 8.42 Å². The second-order valence-electron chi connectivity index (χ2n) is 5.89. The average Bonchev–Trinajstić information content (AvgIpc) is 3.06. The normalized spacial score (nSPS) is 17.0. The van der Waals surface area contributed by atoms with E-state index < -0.39 is 10.0 Å². The molecule has 0 aliphatic heterocycles. The monoisotopic (exact) mass is 330 g/mol. The summed E-state index contributed by atoms with van der Waals surface area (Å²) in [6.07, 6.45) is 4.79. The Kier molecular flexibility index (Phi) is 5.82. The predicted octanol–water partition coefficient (Wildman–Crippen LogP) is 2.98. The molecule has 2 rings (SSSR count). The Bertz CT molecular complexity index is 560. The molecule has 1 fully saturated rings. The fraction of sp³-hybridized carbons (Fsp3) is 0.733. The molecule has 1 N–H and O–H groups in total. The minimum absolute atomic E-state index is 0.522. The number of nitrogens with one attached hydrogen (secondary N) is 1. The van der Waals surface area contributed by atoms with Crippen molar-refractivity contribution in [1.82, 2.24) is 9.62 Å². The second-order valence-corrected chi connectivity index (χ2v) is 8.83. The molecule has 0 bridgehead atoms. The van der Waals surface area contributed by atoms with Crippen LogP contribution in [-0.2, 0) is 16.6 Å². The molecule has 6 heteroatoms. The maximum atomic E-state index is 12.9. The number of nitrogens with zero attached hydrogens (tertiary/aromatic N) is 1. The van der Waals surface area contributed by atoms with Gasteiger partial charge in [0, 0.05) is 25.0 Å². The van der Waals surface area contributed by atoms with Crippen LogP contribution < -0.4 is 5.32 Å². The minimum atomic E-state index is -3.37. The smallest absolute Gasteiger partial charge is 0.244 e. The van der Waals surface area contributed by atoms with Gasteiger partial charge in [-0.3, -0.25) is 0 Å². The Morgan fingerprint density at radius 2 is 2.05 bits per heavy atom. The molecular formula is C15H26N2O2S2. The summed E-state index contributed by atoms with van der Waals surface area (Å²) < 4.78 is 27.3. The van der Waals surface area contributed by atoms with Crippen LogP contribution in [0.3, 0.4) is 0 Å². The van der Waals surface area contributed by atoms with Gasteiger partial charge in [0.15, 0.2) is 0 Å². The molecule has 1 aromatic heterocycles. The predicted molar refractivity (Wildman–Crippen MR) is 88.2 cm³/mol. The van der Waals surface area contributed by atoms with Crippen molar-refractivity contribution in [3.63, 3.8) is 0 Å². The number of rotatable bonds is 7. The zero-order valence-electron chi connectivity index (χ0n) is 13.2. The average molecular weight is 331 g/mol. The van der Waals surface area contributed by atoms with Gasteiger partial charge in [0.2, 0.25) is 10.0 Å². The molecule has 0 atom stereocenters.